The van der Waals surface area contributed by atoms with Crippen LogP contribution < -0.4 is 5.73 Å². The highest BCUT2D eigenvalue weighted by Crippen LogP contribution is 2.26. The van der Waals surface area contributed by atoms with Crippen molar-refractivity contribution in [1.29, 1.82) is 0 Å². The minimum atomic E-state index is -0.780. The Balaban J connectivity index is 2.51. The first-order chi connectivity index (χ1) is 9.45. The molecule has 6 nitrogen and oxygen atoms in total. The molecule has 0 aromatic carbocycles. The second-order valence-corrected chi connectivity index (χ2v) is 5.65. The normalized spacial score (nSPS) is 22.4. The van der Waals surface area contributed by atoms with Crippen LogP contribution in [0.4, 0.5) is 0 Å². The van der Waals surface area contributed by atoms with Gasteiger partial charge in [0.25, 0.3) is 0 Å². The molecule has 1 saturated heterocycles. The Hall–Kier alpha value is -1.14. The number of nitrogens with two attached hydrogens (primary N) is 1. The van der Waals surface area contributed by atoms with Crippen molar-refractivity contribution in [1.82, 2.24) is 4.90 Å². The highest BCUT2D eigenvalue weighted by atomic mass is 16.5. The van der Waals surface area contributed by atoms with E-state index in [-0.39, 0.29) is 24.2 Å². The van der Waals surface area contributed by atoms with Crippen LogP contribution in [0.15, 0.2) is 0 Å². The largest absolute Gasteiger partial charge is 0.481 e. The number of piperidine rings is 1. The second-order valence-electron chi connectivity index (χ2n) is 5.65. The number of likely N-dealkylation sites (tertiary alicyclic amines) is 1. The quantitative estimate of drug-likeness (QED) is 0.718. The molecule has 116 valence electrons. The molecule has 0 radical (unpaired) electrons. The molecule has 20 heavy (non-hydrogen) atoms. The van der Waals surface area contributed by atoms with Gasteiger partial charge < -0.3 is 20.5 Å². The van der Waals surface area contributed by atoms with Gasteiger partial charge in [0.2, 0.25) is 5.91 Å². The SMILES string of the molecule is COCCC(N)C(=O)N1CCCC(C(C)CC(=O)O)C1. The molecule has 3 atom stereocenters. The van der Waals surface area contributed by atoms with E-state index in [0.29, 0.717) is 19.6 Å². The van der Waals surface area contributed by atoms with Crippen molar-refractivity contribution in [2.45, 2.75) is 38.6 Å². The summed E-state index contributed by atoms with van der Waals surface area (Å²) in [7, 11) is 1.59. The maximum Gasteiger partial charge on any atom is 0.303 e. The first kappa shape index (κ1) is 16.9. The molecule has 1 aliphatic rings. The van der Waals surface area contributed by atoms with Crippen molar-refractivity contribution < 1.29 is 19.4 Å². The molecular formula is C14H26N2O4. The molecule has 6 heteroatoms. The molecule has 1 heterocycles. The van der Waals surface area contributed by atoms with Gasteiger partial charge in [-0.15, -0.1) is 0 Å². The predicted octanol–water partition coefficient (Wildman–Crippen LogP) is 0.700. The van der Waals surface area contributed by atoms with E-state index in [9.17, 15) is 9.59 Å². The number of amides is 1. The van der Waals surface area contributed by atoms with Crippen LogP contribution in [0.25, 0.3) is 0 Å². The number of hydrogen-bond acceptors (Lipinski definition) is 4. The summed E-state index contributed by atoms with van der Waals surface area (Å²) in [5.41, 5.74) is 5.87. The van der Waals surface area contributed by atoms with Crippen molar-refractivity contribution in [2.75, 3.05) is 26.8 Å². The Bertz CT molecular complexity index is 335. The molecule has 0 aromatic heterocycles. The van der Waals surface area contributed by atoms with Crippen LogP contribution in [0.2, 0.25) is 0 Å². The zero-order chi connectivity index (χ0) is 15.1. The number of ether oxygens (including phenoxy) is 1. The molecular weight excluding hydrogens is 260 g/mol. The van der Waals surface area contributed by atoms with Gasteiger partial charge in [0.1, 0.15) is 0 Å². The Morgan fingerprint density at radius 2 is 2.20 bits per heavy atom. The predicted molar refractivity (Wildman–Crippen MR) is 75.2 cm³/mol. The highest BCUT2D eigenvalue weighted by Gasteiger charge is 2.30. The molecule has 0 saturated carbocycles. The summed E-state index contributed by atoms with van der Waals surface area (Å²) >= 11 is 0. The molecule has 1 aliphatic heterocycles. The standard InChI is InChI=1S/C14H26N2O4/c1-10(8-13(17)18)11-4-3-6-16(9-11)14(19)12(15)5-7-20-2/h10-12H,3-9,15H2,1-2H3,(H,17,18). The molecule has 0 aliphatic carbocycles. The van der Waals surface area contributed by atoms with Crippen LogP contribution in [0.1, 0.15) is 32.6 Å². The maximum atomic E-state index is 12.2. The van der Waals surface area contributed by atoms with E-state index >= 15 is 0 Å². The fourth-order valence-electron chi connectivity index (χ4n) is 2.72. The first-order valence-electron chi connectivity index (χ1n) is 7.20. The Morgan fingerprint density at radius 3 is 2.80 bits per heavy atom. The third-order valence-electron chi connectivity index (χ3n) is 4.02. The van der Waals surface area contributed by atoms with E-state index < -0.39 is 12.0 Å². The first-order valence-corrected chi connectivity index (χ1v) is 7.20. The Labute approximate surface area is 120 Å². The summed E-state index contributed by atoms with van der Waals surface area (Å²) in [6, 6.07) is -0.525. The van der Waals surface area contributed by atoms with Crippen LogP contribution in [0.5, 0.6) is 0 Å². The number of carbonyl (C=O) groups is 2. The van der Waals surface area contributed by atoms with Gasteiger partial charge in [0.15, 0.2) is 0 Å². The molecule has 1 rings (SSSR count). The molecule has 3 unspecified atom stereocenters. The number of methoxy groups -OCH3 is 1. The topological polar surface area (TPSA) is 92.9 Å². The smallest absolute Gasteiger partial charge is 0.303 e. The van der Waals surface area contributed by atoms with Crippen LogP contribution in [0.3, 0.4) is 0 Å². The number of hydrogen-bond donors (Lipinski definition) is 2. The molecule has 0 bridgehead atoms. The van der Waals surface area contributed by atoms with Crippen molar-refractivity contribution in [2.24, 2.45) is 17.6 Å². The van der Waals surface area contributed by atoms with Crippen LogP contribution in [0, 0.1) is 11.8 Å². The fourth-order valence-corrected chi connectivity index (χ4v) is 2.72. The summed E-state index contributed by atoms with van der Waals surface area (Å²) < 4.78 is 4.94. The number of rotatable bonds is 7. The van der Waals surface area contributed by atoms with E-state index in [4.69, 9.17) is 15.6 Å². The zero-order valence-corrected chi connectivity index (χ0v) is 12.4. The second kappa shape index (κ2) is 8.21. The molecule has 0 spiro atoms. The van der Waals surface area contributed by atoms with Crippen molar-refractivity contribution in [3.8, 4) is 0 Å². The lowest BCUT2D eigenvalue weighted by Crippen LogP contribution is -2.49. The average molecular weight is 286 g/mol. The number of nitrogens with zero attached hydrogens (tertiary/aromatic N) is 1. The van der Waals surface area contributed by atoms with Gasteiger partial charge in [-0.05, 0) is 31.1 Å². The third-order valence-corrected chi connectivity index (χ3v) is 4.02. The van der Waals surface area contributed by atoms with E-state index in [0.717, 1.165) is 19.4 Å². The van der Waals surface area contributed by atoms with Crippen molar-refractivity contribution in [3.63, 3.8) is 0 Å². The monoisotopic (exact) mass is 286 g/mol. The van der Waals surface area contributed by atoms with Gasteiger partial charge in [-0.1, -0.05) is 6.92 Å². The summed E-state index contributed by atoms with van der Waals surface area (Å²) in [5, 5.41) is 8.86. The van der Waals surface area contributed by atoms with Crippen LogP contribution >= 0.6 is 0 Å². The van der Waals surface area contributed by atoms with E-state index in [1.165, 1.54) is 0 Å². The summed E-state index contributed by atoms with van der Waals surface area (Å²) in [5.74, 6) is -0.497. The van der Waals surface area contributed by atoms with Gasteiger partial charge >= 0.3 is 5.97 Å². The van der Waals surface area contributed by atoms with Crippen LogP contribution in [-0.2, 0) is 14.3 Å². The van der Waals surface area contributed by atoms with E-state index in [2.05, 4.69) is 0 Å². The third kappa shape index (κ3) is 5.09. The molecule has 1 amide bonds. The van der Waals surface area contributed by atoms with Gasteiger partial charge in [-0.25, -0.2) is 0 Å². The lowest BCUT2D eigenvalue weighted by molar-refractivity contribution is -0.139. The van der Waals surface area contributed by atoms with Crippen molar-refractivity contribution >= 4 is 11.9 Å². The maximum absolute atomic E-state index is 12.2. The summed E-state index contributed by atoms with van der Waals surface area (Å²) in [6.45, 7) is 3.75. The Kier molecular flexibility index (Phi) is 6.95. The van der Waals surface area contributed by atoms with Gasteiger partial charge in [0.05, 0.1) is 6.04 Å². The number of carbonyl (C=O) groups excluding carboxylic acids is 1. The van der Waals surface area contributed by atoms with E-state index in [1.54, 1.807) is 12.0 Å². The van der Waals surface area contributed by atoms with Crippen LogP contribution in [-0.4, -0.2) is 54.7 Å². The number of carboxylic acids is 1. The lowest BCUT2D eigenvalue weighted by atomic mass is 9.84. The summed E-state index contributed by atoms with van der Waals surface area (Å²) in [4.78, 5) is 24.8. The molecule has 3 N–H and O–H groups in total. The lowest BCUT2D eigenvalue weighted by Gasteiger charge is -2.36. The van der Waals surface area contributed by atoms with Crippen molar-refractivity contribution in [3.05, 3.63) is 0 Å². The minimum Gasteiger partial charge on any atom is -0.481 e. The summed E-state index contributed by atoms with van der Waals surface area (Å²) in [6.07, 6.45) is 2.56. The van der Waals surface area contributed by atoms with Gasteiger partial charge in [-0.2, -0.15) is 0 Å². The van der Waals surface area contributed by atoms with Gasteiger partial charge in [-0.3, -0.25) is 9.59 Å². The Morgan fingerprint density at radius 1 is 1.50 bits per heavy atom. The number of carboxylic acid groups (broad SMARTS) is 1. The highest BCUT2D eigenvalue weighted by molar-refractivity contribution is 5.81. The minimum absolute atomic E-state index is 0.0470. The molecule has 0 aromatic rings. The fraction of sp³-hybridized carbons (Fsp3) is 0.857. The average Bonchev–Trinajstić information content (AvgIpc) is 2.43. The number of aliphatic carboxylic acids is 1. The van der Waals surface area contributed by atoms with E-state index in [1.807, 2.05) is 6.92 Å². The van der Waals surface area contributed by atoms with Gasteiger partial charge in [0, 0.05) is 33.2 Å². The zero-order valence-electron chi connectivity index (χ0n) is 12.4. The molecule has 1 fully saturated rings.